The van der Waals surface area contributed by atoms with Gasteiger partial charge in [0.1, 0.15) is 29.3 Å². The standard InChI is InChI=1S/C21H22N2O2.C14H15ClN2/c1-21(2,3)16-10-8-15(9-11-16)19-13-20(23-14-22-19)25-18-7-5-6-17(12-18)24-4;1-14(2,3)11-6-4-10(5-7-11)12-8-13(15)17-9-16-12/h5-14H,1-4H3;4-9H,1-3H3. The second kappa shape index (κ2) is 13.1. The Bertz CT molecular complexity index is 1610. The van der Waals surface area contributed by atoms with Gasteiger partial charge in [-0.05, 0) is 34.1 Å². The van der Waals surface area contributed by atoms with Crippen LogP contribution in [0.25, 0.3) is 22.5 Å². The van der Waals surface area contributed by atoms with Gasteiger partial charge in [0.05, 0.1) is 18.5 Å². The fourth-order valence-corrected chi connectivity index (χ4v) is 4.26. The molecule has 2 aromatic heterocycles. The molecule has 7 heteroatoms. The Morgan fingerprint density at radius 1 is 0.571 bits per heavy atom. The molecule has 5 rings (SSSR count). The highest BCUT2D eigenvalue weighted by Gasteiger charge is 2.14. The Balaban J connectivity index is 0.000000208. The van der Waals surface area contributed by atoms with E-state index in [1.165, 1.54) is 23.8 Å². The van der Waals surface area contributed by atoms with E-state index in [2.05, 4.69) is 110 Å². The van der Waals surface area contributed by atoms with E-state index < -0.39 is 0 Å². The number of halogens is 1. The van der Waals surface area contributed by atoms with Crippen LogP contribution in [0.5, 0.6) is 17.4 Å². The van der Waals surface area contributed by atoms with E-state index in [0.717, 1.165) is 28.3 Å². The quantitative estimate of drug-likeness (QED) is 0.193. The van der Waals surface area contributed by atoms with Crippen LogP contribution < -0.4 is 9.47 Å². The molecule has 0 radical (unpaired) electrons. The van der Waals surface area contributed by atoms with E-state index in [4.69, 9.17) is 21.1 Å². The Labute approximate surface area is 253 Å². The summed E-state index contributed by atoms with van der Waals surface area (Å²) in [4.78, 5) is 16.6. The van der Waals surface area contributed by atoms with Crippen molar-refractivity contribution in [1.29, 1.82) is 0 Å². The predicted octanol–water partition coefficient (Wildman–Crippen LogP) is 9.34. The largest absolute Gasteiger partial charge is 0.497 e. The molecule has 0 bridgehead atoms. The highest BCUT2D eigenvalue weighted by atomic mass is 35.5. The summed E-state index contributed by atoms with van der Waals surface area (Å²) in [5.74, 6) is 1.91. The number of methoxy groups -OCH3 is 1. The van der Waals surface area contributed by atoms with Gasteiger partial charge in [-0.1, -0.05) is 108 Å². The van der Waals surface area contributed by atoms with Crippen molar-refractivity contribution in [2.45, 2.75) is 52.4 Å². The van der Waals surface area contributed by atoms with Gasteiger partial charge in [0.15, 0.2) is 0 Å². The molecule has 3 aromatic carbocycles. The first-order chi connectivity index (χ1) is 19.9. The molecule has 216 valence electrons. The molecule has 0 spiro atoms. The summed E-state index contributed by atoms with van der Waals surface area (Å²) in [6.07, 6.45) is 3.00. The number of nitrogens with zero attached hydrogens (tertiary/aromatic N) is 4. The predicted molar refractivity (Wildman–Crippen MR) is 170 cm³/mol. The molecule has 0 fully saturated rings. The number of ether oxygens (including phenoxy) is 2. The Morgan fingerprint density at radius 3 is 1.57 bits per heavy atom. The van der Waals surface area contributed by atoms with Crippen molar-refractivity contribution >= 4 is 11.6 Å². The van der Waals surface area contributed by atoms with Crippen LogP contribution in [-0.4, -0.2) is 27.0 Å². The molecule has 0 unspecified atom stereocenters. The van der Waals surface area contributed by atoms with E-state index in [0.29, 0.717) is 16.8 Å². The summed E-state index contributed by atoms with van der Waals surface area (Å²) < 4.78 is 11.0. The minimum Gasteiger partial charge on any atom is -0.497 e. The maximum absolute atomic E-state index is 5.85. The molecule has 0 saturated heterocycles. The molecular weight excluding hydrogens is 544 g/mol. The van der Waals surface area contributed by atoms with Gasteiger partial charge in [-0.25, -0.2) is 19.9 Å². The highest BCUT2D eigenvalue weighted by molar-refractivity contribution is 6.29. The van der Waals surface area contributed by atoms with E-state index in [1.54, 1.807) is 13.2 Å². The van der Waals surface area contributed by atoms with Crippen molar-refractivity contribution in [2.24, 2.45) is 0 Å². The topological polar surface area (TPSA) is 70.0 Å². The number of hydrogen-bond acceptors (Lipinski definition) is 6. The van der Waals surface area contributed by atoms with Crippen LogP contribution in [0.4, 0.5) is 0 Å². The fourth-order valence-electron chi connectivity index (χ4n) is 4.11. The lowest BCUT2D eigenvalue weighted by Crippen LogP contribution is -2.10. The summed E-state index contributed by atoms with van der Waals surface area (Å²) in [7, 11) is 1.63. The zero-order valence-electron chi connectivity index (χ0n) is 25.2. The normalized spacial score (nSPS) is 11.3. The van der Waals surface area contributed by atoms with Crippen molar-refractivity contribution in [3.8, 4) is 39.9 Å². The first kappa shape index (κ1) is 30.7. The summed E-state index contributed by atoms with van der Waals surface area (Å²) >= 11 is 5.85. The third-order valence-electron chi connectivity index (χ3n) is 6.63. The van der Waals surface area contributed by atoms with Crippen LogP contribution in [0, 0.1) is 0 Å². The van der Waals surface area contributed by atoms with E-state index in [9.17, 15) is 0 Å². The Hall–Kier alpha value is -4.29. The average Bonchev–Trinajstić information content (AvgIpc) is 2.97. The van der Waals surface area contributed by atoms with Gasteiger partial charge in [-0.2, -0.15) is 0 Å². The van der Waals surface area contributed by atoms with E-state index in [-0.39, 0.29) is 10.8 Å². The molecule has 0 amide bonds. The maximum Gasteiger partial charge on any atom is 0.222 e. The van der Waals surface area contributed by atoms with Gasteiger partial charge < -0.3 is 9.47 Å². The summed E-state index contributed by atoms with van der Waals surface area (Å²) in [5, 5.41) is 0.467. The zero-order valence-corrected chi connectivity index (χ0v) is 26.0. The van der Waals surface area contributed by atoms with Crippen molar-refractivity contribution in [2.75, 3.05) is 7.11 Å². The second-order valence-corrected chi connectivity index (χ2v) is 12.3. The molecule has 0 aliphatic heterocycles. The number of aromatic nitrogens is 4. The average molecular weight is 581 g/mol. The van der Waals surface area contributed by atoms with Crippen molar-refractivity contribution in [1.82, 2.24) is 19.9 Å². The lowest BCUT2D eigenvalue weighted by molar-refractivity contribution is 0.407. The van der Waals surface area contributed by atoms with Gasteiger partial charge in [0, 0.05) is 29.3 Å². The van der Waals surface area contributed by atoms with Crippen LogP contribution in [-0.2, 0) is 10.8 Å². The van der Waals surface area contributed by atoms with Crippen LogP contribution in [0.3, 0.4) is 0 Å². The van der Waals surface area contributed by atoms with E-state index in [1.807, 2.05) is 30.3 Å². The van der Waals surface area contributed by atoms with Crippen LogP contribution in [0.2, 0.25) is 5.15 Å². The number of hydrogen-bond donors (Lipinski definition) is 0. The van der Waals surface area contributed by atoms with Crippen molar-refractivity contribution in [3.63, 3.8) is 0 Å². The minimum absolute atomic E-state index is 0.130. The molecule has 0 atom stereocenters. The van der Waals surface area contributed by atoms with Gasteiger partial charge in [-0.15, -0.1) is 0 Å². The summed E-state index contributed by atoms with van der Waals surface area (Å²) in [5.41, 5.74) is 6.67. The minimum atomic E-state index is 0.130. The lowest BCUT2D eigenvalue weighted by Gasteiger charge is -2.19. The first-order valence-corrected chi connectivity index (χ1v) is 14.1. The zero-order chi connectivity index (χ0) is 30.3. The van der Waals surface area contributed by atoms with Crippen molar-refractivity contribution in [3.05, 3.63) is 114 Å². The van der Waals surface area contributed by atoms with E-state index >= 15 is 0 Å². The summed E-state index contributed by atoms with van der Waals surface area (Å²) in [6, 6.07) is 27.9. The molecule has 42 heavy (non-hydrogen) atoms. The Morgan fingerprint density at radius 2 is 1.07 bits per heavy atom. The number of benzene rings is 3. The van der Waals surface area contributed by atoms with Gasteiger partial charge >= 0.3 is 0 Å². The van der Waals surface area contributed by atoms with Gasteiger partial charge in [-0.3, -0.25) is 0 Å². The van der Waals surface area contributed by atoms with Crippen molar-refractivity contribution < 1.29 is 9.47 Å². The Kier molecular flexibility index (Phi) is 9.59. The molecule has 2 heterocycles. The highest BCUT2D eigenvalue weighted by Crippen LogP contribution is 2.29. The first-order valence-electron chi connectivity index (χ1n) is 13.8. The van der Waals surface area contributed by atoms with Gasteiger partial charge in [0.25, 0.3) is 0 Å². The van der Waals surface area contributed by atoms with Gasteiger partial charge in [0.2, 0.25) is 5.88 Å². The fraction of sp³-hybridized carbons (Fsp3) is 0.257. The van der Waals surface area contributed by atoms with Crippen LogP contribution in [0.15, 0.2) is 97.6 Å². The lowest BCUT2D eigenvalue weighted by atomic mass is 9.86. The second-order valence-electron chi connectivity index (χ2n) is 11.9. The molecule has 0 saturated carbocycles. The number of rotatable bonds is 5. The van der Waals surface area contributed by atoms with Crippen LogP contribution in [0.1, 0.15) is 52.7 Å². The summed E-state index contributed by atoms with van der Waals surface area (Å²) in [6.45, 7) is 13.2. The molecular formula is C35H37ClN4O2. The molecule has 5 aromatic rings. The SMILES string of the molecule is CC(C)(C)c1ccc(-c2cc(Cl)ncn2)cc1.COc1cccc(Oc2cc(-c3ccc(C(C)(C)C)cc3)ncn2)c1. The monoisotopic (exact) mass is 580 g/mol. The van der Waals surface area contributed by atoms with Crippen LogP contribution >= 0.6 is 11.6 Å². The molecule has 0 aliphatic carbocycles. The maximum atomic E-state index is 5.85. The third-order valence-corrected chi connectivity index (χ3v) is 6.84. The molecule has 0 aliphatic rings. The smallest absolute Gasteiger partial charge is 0.222 e. The third kappa shape index (κ3) is 8.37. The molecule has 0 N–H and O–H groups in total. The molecule has 6 nitrogen and oxygen atoms in total.